The minimum absolute atomic E-state index is 0.0389. The highest BCUT2D eigenvalue weighted by atomic mass is 35.5. The molecule has 0 aliphatic carbocycles. The van der Waals surface area contributed by atoms with Crippen molar-refractivity contribution in [2.45, 2.75) is 39.3 Å². The average Bonchev–Trinajstić information content (AvgIpc) is 2.76. The number of carbonyl (C=O) groups is 2. The number of anilines is 1. The van der Waals surface area contributed by atoms with Crippen molar-refractivity contribution in [3.05, 3.63) is 63.6 Å². The molecule has 2 amide bonds. The number of benzene rings is 2. The molecule has 1 N–H and O–H groups in total. The molecule has 0 saturated carbocycles. The van der Waals surface area contributed by atoms with Crippen molar-refractivity contribution >= 4 is 50.7 Å². The SMILES string of the molecule is CNC(=O)C(C)N(Cc1ccccc1C)C(=O)CCCN(c1cc(Cl)ccc1Cl)S(C)(=O)=O. The fourth-order valence-corrected chi connectivity index (χ4v) is 4.83. The van der Waals surface area contributed by atoms with Crippen LogP contribution in [0.5, 0.6) is 0 Å². The van der Waals surface area contributed by atoms with Gasteiger partial charge in [-0.15, -0.1) is 0 Å². The van der Waals surface area contributed by atoms with E-state index in [9.17, 15) is 18.0 Å². The summed E-state index contributed by atoms with van der Waals surface area (Å²) in [6, 6.07) is 11.5. The Morgan fingerprint density at radius 3 is 2.39 bits per heavy atom. The molecule has 0 aromatic heterocycles. The standard InChI is InChI=1S/C23H29Cl2N3O4S/c1-16-8-5-6-9-18(16)15-27(17(2)23(30)26-3)22(29)10-7-13-28(33(4,31)32)21-14-19(24)11-12-20(21)25/h5-6,8-9,11-12,14,17H,7,10,13,15H2,1-4H3,(H,26,30). The summed E-state index contributed by atoms with van der Waals surface area (Å²) in [5, 5.41) is 3.17. The van der Waals surface area contributed by atoms with Gasteiger partial charge in [0.05, 0.1) is 17.0 Å². The van der Waals surface area contributed by atoms with Crippen LogP contribution in [-0.4, -0.2) is 51.0 Å². The van der Waals surface area contributed by atoms with Gasteiger partial charge in [-0.05, 0) is 49.6 Å². The number of nitrogens with zero attached hydrogens (tertiary/aromatic N) is 2. The zero-order valence-electron chi connectivity index (χ0n) is 19.1. The Kier molecular flexibility index (Phi) is 9.57. The molecule has 0 bridgehead atoms. The van der Waals surface area contributed by atoms with Gasteiger partial charge in [-0.1, -0.05) is 47.5 Å². The highest BCUT2D eigenvalue weighted by Gasteiger charge is 2.26. The molecule has 1 atom stereocenters. The first-order chi connectivity index (χ1) is 15.5. The molecule has 2 aromatic carbocycles. The lowest BCUT2D eigenvalue weighted by molar-refractivity contribution is -0.140. The number of hydrogen-bond acceptors (Lipinski definition) is 4. The molecule has 33 heavy (non-hydrogen) atoms. The van der Waals surface area contributed by atoms with Crippen molar-refractivity contribution in [3.63, 3.8) is 0 Å². The zero-order valence-corrected chi connectivity index (χ0v) is 21.5. The fourth-order valence-electron chi connectivity index (χ4n) is 3.42. The molecule has 10 heteroatoms. The minimum atomic E-state index is -3.66. The molecule has 0 spiro atoms. The maximum absolute atomic E-state index is 13.1. The predicted molar refractivity (Wildman–Crippen MR) is 133 cm³/mol. The smallest absolute Gasteiger partial charge is 0.242 e. The third-order valence-electron chi connectivity index (χ3n) is 5.34. The van der Waals surface area contributed by atoms with Crippen LogP contribution in [0.2, 0.25) is 10.0 Å². The summed E-state index contributed by atoms with van der Waals surface area (Å²) >= 11 is 12.2. The second kappa shape index (κ2) is 11.7. The number of rotatable bonds is 10. The summed E-state index contributed by atoms with van der Waals surface area (Å²) in [7, 11) is -2.14. The van der Waals surface area contributed by atoms with E-state index >= 15 is 0 Å². The fraction of sp³-hybridized carbons (Fsp3) is 0.391. The third kappa shape index (κ3) is 7.35. The van der Waals surface area contributed by atoms with Gasteiger partial charge in [0.1, 0.15) is 6.04 Å². The molecule has 7 nitrogen and oxygen atoms in total. The monoisotopic (exact) mass is 513 g/mol. The van der Waals surface area contributed by atoms with Crippen molar-refractivity contribution in [3.8, 4) is 0 Å². The molecule has 0 aliphatic rings. The molecule has 2 rings (SSSR count). The first-order valence-corrected chi connectivity index (χ1v) is 13.0. The highest BCUT2D eigenvalue weighted by Crippen LogP contribution is 2.31. The van der Waals surface area contributed by atoms with Crippen LogP contribution in [0.1, 0.15) is 30.9 Å². The van der Waals surface area contributed by atoms with Crippen LogP contribution >= 0.6 is 23.2 Å². The van der Waals surface area contributed by atoms with Crippen molar-refractivity contribution in [1.29, 1.82) is 0 Å². The van der Waals surface area contributed by atoms with Crippen LogP contribution in [0, 0.1) is 6.92 Å². The predicted octanol–water partition coefficient (Wildman–Crippen LogP) is 4.01. The Labute approximate surface area is 205 Å². The van der Waals surface area contributed by atoms with Crippen molar-refractivity contribution in [2.75, 3.05) is 24.2 Å². The summed E-state index contributed by atoms with van der Waals surface area (Å²) in [4.78, 5) is 26.9. The minimum Gasteiger partial charge on any atom is -0.357 e. The van der Waals surface area contributed by atoms with E-state index in [4.69, 9.17) is 23.2 Å². The lowest BCUT2D eigenvalue weighted by atomic mass is 10.1. The van der Waals surface area contributed by atoms with Gasteiger partial charge in [0.15, 0.2) is 0 Å². The summed E-state index contributed by atoms with van der Waals surface area (Å²) in [6.45, 7) is 3.93. The van der Waals surface area contributed by atoms with E-state index < -0.39 is 16.1 Å². The number of nitrogens with one attached hydrogen (secondary N) is 1. The van der Waals surface area contributed by atoms with Crippen molar-refractivity contribution in [1.82, 2.24) is 10.2 Å². The van der Waals surface area contributed by atoms with Crippen molar-refractivity contribution in [2.24, 2.45) is 0 Å². The van der Waals surface area contributed by atoms with Crippen LogP contribution < -0.4 is 9.62 Å². The number of sulfonamides is 1. The second-order valence-electron chi connectivity index (χ2n) is 7.77. The number of likely N-dealkylation sites (N-methyl/N-ethyl adjacent to an activating group) is 1. The lowest BCUT2D eigenvalue weighted by Gasteiger charge is -2.29. The van der Waals surface area contributed by atoms with Crippen LogP contribution in [0.15, 0.2) is 42.5 Å². The summed E-state index contributed by atoms with van der Waals surface area (Å²) in [5.74, 6) is -0.527. The third-order valence-corrected chi connectivity index (χ3v) is 7.08. The zero-order chi connectivity index (χ0) is 24.8. The average molecular weight is 514 g/mol. The van der Waals surface area contributed by atoms with E-state index in [1.165, 1.54) is 24.1 Å². The summed E-state index contributed by atoms with van der Waals surface area (Å²) in [5.41, 5.74) is 2.21. The first kappa shape index (κ1) is 27.0. The number of aryl methyl sites for hydroxylation is 1. The quantitative estimate of drug-likeness (QED) is 0.519. The first-order valence-electron chi connectivity index (χ1n) is 10.4. The van der Waals surface area contributed by atoms with E-state index in [-0.39, 0.29) is 48.5 Å². The Balaban J connectivity index is 2.19. The Hall–Kier alpha value is -2.29. The van der Waals surface area contributed by atoms with Gasteiger partial charge < -0.3 is 10.2 Å². The van der Waals surface area contributed by atoms with E-state index in [0.29, 0.717) is 5.02 Å². The maximum Gasteiger partial charge on any atom is 0.242 e. The van der Waals surface area contributed by atoms with Gasteiger partial charge in [-0.3, -0.25) is 13.9 Å². The van der Waals surface area contributed by atoms with E-state index in [0.717, 1.165) is 21.7 Å². The normalized spacial score (nSPS) is 12.2. The number of carbonyl (C=O) groups excluding carboxylic acids is 2. The van der Waals surface area contributed by atoms with Crippen LogP contribution in [0.25, 0.3) is 0 Å². The molecule has 0 radical (unpaired) electrons. The van der Waals surface area contributed by atoms with Gasteiger partial charge in [-0.2, -0.15) is 0 Å². The van der Waals surface area contributed by atoms with Gasteiger partial charge in [0.2, 0.25) is 21.8 Å². The van der Waals surface area contributed by atoms with E-state index in [1.807, 2.05) is 31.2 Å². The molecule has 2 aromatic rings. The molecule has 0 aliphatic heterocycles. The lowest BCUT2D eigenvalue weighted by Crippen LogP contribution is -2.47. The summed E-state index contributed by atoms with van der Waals surface area (Å²) in [6.07, 6.45) is 1.36. The molecule has 0 saturated heterocycles. The number of amides is 2. The Morgan fingerprint density at radius 2 is 1.79 bits per heavy atom. The van der Waals surface area contributed by atoms with Crippen LogP contribution in [0.3, 0.4) is 0 Å². The van der Waals surface area contributed by atoms with Gasteiger partial charge in [0, 0.05) is 31.6 Å². The molecule has 0 heterocycles. The van der Waals surface area contributed by atoms with Crippen molar-refractivity contribution < 1.29 is 18.0 Å². The van der Waals surface area contributed by atoms with Gasteiger partial charge >= 0.3 is 0 Å². The molecule has 180 valence electrons. The Morgan fingerprint density at radius 1 is 1.12 bits per heavy atom. The number of hydrogen-bond donors (Lipinski definition) is 1. The molecular weight excluding hydrogens is 485 g/mol. The van der Waals surface area contributed by atoms with Crippen LogP contribution in [0.4, 0.5) is 5.69 Å². The van der Waals surface area contributed by atoms with Gasteiger partial charge in [-0.25, -0.2) is 8.42 Å². The highest BCUT2D eigenvalue weighted by molar-refractivity contribution is 7.92. The van der Waals surface area contributed by atoms with E-state index in [1.54, 1.807) is 13.0 Å². The summed E-state index contributed by atoms with van der Waals surface area (Å²) < 4.78 is 25.9. The topological polar surface area (TPSA) is 86.8 Å². The van der Waals surface area contributed by atoms with Gasteiger partial charge in [0.25, 0.3) is 0 Å². The molecule has 1 unspecified atom stereocenters. The second-order valence-corrected chi connectivity index (χ2v) is 10.5. The molecule has 0 fully saturated rings. The van der Waals surface area contributed by atoms with Crippen LogP contribution in [-0.2, 0) is 26.2 Å². The Bertz CT molecular complexity index is 1110. The molecular formula is C23H29Cl2N3O4S. The largest absolute Gasteiger partial charge is 0.357 e. The maximum atomic E-state index is 13.1. The van der Waals surface area contributed by atoms with E-state index in [2.05, 4.69) is 5.32 Å². The number of halogens is 2.